The van der Waals surface area contributed by atoms with E-state index in [0.717, 1.165) is 24.1 Å². The molecule has 0 radical (unpaired) electrons. The van der Waals surface area contributed by atoms with Crippen LogP contribution in [0.1, 0.15) is 34.2 Å². The third-order valence-electron chi connectivity index (χ3n) is 5.06. The van der Waals surface area contributed by atoms with Gasteiger partial charge in [0.25, 0.3) is 5.91 Å². The molecule has 0 saturated heterocycles. The lowest BCUT2D eigenvalue weighted by Gasteiger charge is -2.21. The average Bonchev–Trinajstić information content (AvgIpc) is 3.23. The number of nitrogens with one attached hydrogen (secondary N) is 1. The first-order valence-corrected chi connectivity index (χ1v) is 11.1. The third-order valence-corrected chi connectivity index (χ3v) is 6.33. The van der Waals surface area contributed by atoms with Gasteiger partial charge in [-0.1, -0.05) is 0 Å². The first-order valence-electron chi connectivity index (χ1n) is 9.26. The molecule has 1 atom stereocenters. The van der Waals surface area contributed by atoms with Crippen LogP contribution >= 0.6 is 0 Å². The maximum atomic E-state index is 13.0. The number of alkyl halides is 3. The number of sulfonamides is 1. The molecule has 0 saturated carbocycles. The van der Waals surface area contributed by atoms with E-state index in [1.807, 2.05) is 0 Å². The number of amides is 1. The summed E-state index contributed by atoms with van der Waals surface area (Å²) in [7, 11) is -3.44. The molecule has 1 aliphatic heterocycles. The van der Waals surface area contributed by atoms with Crippen molar-refractivity contribution < 1.29 is 26.4 Å². The van der Waals surface area contributed by atoms with Crippen molar-refractivity contribution in [3.8, 4) is 0 Å². The molecular formula is C19H18F3N5O3S. The first kappa shape index (κ1) is 21.1. The van der Waals surface area contributed by atoms with Crippen molar-refractivity contribution in [2.24, 2.45) is 0 Å². The second-order valence-electron chi connectivity index (χ2n) is 7.40. The van der Waals surface area contributed by atoms with Crippen LogP contribution in [-0.2, 0) is 29.2 Å². The van der Waals surface area contributed by atoms with Gasteiger partial charge in [0, 0.05) is 17.8 Å². The Morgan fingerprint density at radius 1 is 1.23 bits per heavy atom. The Kier molecular flexibility index (Phi) is 4.91. The standard InChI is InChI=1S/C19H18F3N5O3S/c1-11-7-13-8-12(3-5-15(13)27(11)31(2,29)30)18(28)23-9-17-25-24-16-6-4-14(10-26(16)17)19(20,21)22/h3-6,8,10-11H,7,9H2,1-2H3,(H,23,28)/t11-/m0/s1. The van der Waals surface area contributed by atoms with Gasteiger partial charge in [-0.05, 0) is 49.2 Å². The molecule has 8 nitrogen and oxygen atoms in total. The molecule has 2 aromatic heterocycles. The number of hydrogen-bond donors (Lipinski definition) is 1. The summed E-state index contributed by atoms with van der Waals surface area (Å²) in [4.78, 5) is 12.6. The highest BCUT2D eigenvalue weighted by Crippen LogP contribution is 2.34. The van der Waals surface area contributed by atoms with Gasteiger partial charge < -0.3 is 5.32 Å². The molecule has 0 spiro atoms. The Balaban J connectivity index is 1.53. The molecular weight excluding hydrogens is 435 g/mol. The van der Waals surface area contributed by atoms with Gasteiger partial charge >= 0.3 is 6.18 Å². The highest BCUT2D eigenvalue weighted by Gasteiger charge is 2.33. The Morgan fingerprint density at radius 2 is 1.97 bits per heavy atom. The topological polar surface area (TPSA) is 96.7 Å². The molecule has 12 heteroatoms. The molecule has 0 unspecified atom stereocenters. The van der Waals surface area contributed by atoms with Crippen LogP contribution in [0.3, 0.4) is 0 Å². The zero-order valence-electron chi connectivity index (χ0n) is 16.5. The number of rotatable bonds is 4. The summed E-state index contributed by atoms with van der Waals surface area (Å²) < 4.78 is 65.4. The number of carbonyl (C=O) groups excluding carboxylic acids is 1. The van der Waals surface area contributed by atoms with Crippen LogP contribution in [0, 0.1) is 0 Å². The monoisotopic (exact) mass is 453 g/mol. The quantitative estimate of drug-likeness (QED) is 0.654. The van der Waals surface area contributed by atoms with Crippen LogP contribution in [0.5, 0.6) is 0 Å². The van der Waals surface area contributed by atoms with Crippen LogP contribution in [0.25, 0.3) is 5.65 Å². The summed E-state index contributed by atoms with van der Waals surface area (Å²) >= 11 is 0. The van der Waals surface area contributed by atoms with Crippen LogP contribution in [0.2, 0.25) is 0 Å². The van der Waals surface area contributed by atoms with Gasteiger partial charge in [-0.25, -0.2) is 8.42 Å². The Bertz CT molecular complexity index is 1290. The third kappa shape index (κ3) is 3.94. The maximum absolute atomic E-state index is 13.0. The van der Waals surface area contributed by atoms with Gasteiger partial charge in [-0.15, -0.1) is 10.2 Å². The van der Waals surface area contributed by atoms with E-state index in [0.29, 0.717) is 17.7 Å². The summed E-state index contributed by atoms with van der Waals surface area (Å²) in [5, 5.41) is 10.3. The summed E-state index contributed by atoms with van der Waals surface area (Å²) in [6.45, 7) is 1.65. The van der Waals surface area contributed by atoms with E-state index < -0.39 is 27.7 Å². The minimum atomic E-state index is -4.51. The smallest absolute Gasteiger partial charge is 0.345 e. The number of hydrogen-bond acceptors (Lipinski definition) is 5. The van der Waals surface area contributed by atoms with Crippen molar-refractivity contribution in [1.29, 1.82) is 0 Å². The highest BCUT2D eigenvalue weighted by atomic mass is 32.2. The van der Waals surface area contributed by atoms with Gasteiger partial charge in [0.15, 0.2) is 11.5 Å². The number of fused-ring (bicyclic) bond motifs is 2. The molecule has 1 N–H and O–H groups in total. The van der Waals surface area contributed by atoms with E-state index in [-0.39, 0.29) is 24.1 Å². The molecule has 3 heterocycles. The number of anilines is 1. The molecule has 31 heavy (non-hydrogen) atoms. The van der Waals surface area contributed by atoms with E-state index in [1.54, 1.807) is 19.1 Å². The van der Waals surface area contributed by atoms with Crippen LogP contribution < -0.4 is 9.62 Å². The predicted molar refractivity (Wildman–Crippen MR) is 106 cm³/mol. The minimum Gasteiger partial charge on any atom is -0.345 e. The summed E-state index contributed by atoms with van der Waals surface area (Å²) in [6.07, 6.45) is -2.03. The van der Waals surface area contributed by atoms with Crippen molar-refractivity contribution in [2.75, 3.05) is 10.6 Å². The number of nitrogens with zero attached hydrogens (tertiary/aromatic N) is 4. The summed E-state index contributed by atoms with van der Waals surface area (Å²) in [6, 6.07) is 6.57. The molecule has 3 aromatic rings. The Labute approximate surface area is 175 Å². The van der Waals surface area contributed by atoms with Crippen molar-refractivity contribution in [2.45, 2.75) is 32.1 Å². The minimum absolute atomic E-state index is 0.135. The molecule has 164 valence electrons. The molecule has 1 amide bonds. The van der Waals surface area contributed by atoms with Gasteiger partial charge in [-0.3, -0.25) is 13.5 Å². The van der Waals surface area contributed by atoms with Crippen molar-refractivity contribution >= 4 is 27.3 Å². The molecule has 0 bridgehead atoms. The fourth-order valence-electron chi connectivity index (χ4n) is 3.74. The number of benzene rings is 1. The van der Waals surface area contributed by atoms with E-state index >= 15 is 0 Å². The summed E-state index contributed by atoms with van der Waals surface area (Å²) in [5.74, 6) is -0.315. The fourth-order valence-corrected chi connectivity index (χ4v) is 5.00. The van der Waals surface area contributed by atoms with Crippen molar-refractivity contribution in [3.63, 3.8) is 0 Å². The van der Waals surface area contributed by atoms with E-state index in [4.69, 9.17) is 0 Å². The van der Waals surface area contributed by atoms with Gasteiger partial charge in [-0.2, -0.15) is 13.2 Å². The SMILES string of the molecule is C[C@H]1Cc2cc(C(=O)NCc3nnc4ccc(C(F)(F)F)cn34)ccc2N1S(C)(=O)=O. The Hall–Kier alpha value is -3.15. The molecule has 0 fully saturated rings. The second-order valence-corrected chi connectivity index (χ2v) is 9.26. The number of halogens is 3. The largest absolute Gasteiger partial charge is 0.417 e. The molecule has 1 aliphatic rings. The zero-order valence-corrected chi connectivity index (χ0v) is 17.3. The van der Waals surface area contributed by atoms with Crippen LogP contribution in [0.4, 0.5) is 18.9 Å². The number of pyridine rings is 1. The van der Waals surface area contributed by atoms with E-state index in [2.05, 4.69) is 15.5 Å². The van der Waals surface area contributed by atoms with Crippen LogP contribution in [-0.4, -0.2) is 41.2 Å². The fraction of sp³-hybridized carbons (Fsp3) is 0.316. The lowest BCUT2D eigenvalue weighted by atomic mass is 10.1. The maximum Gasteiger partial charge on any atom is 0.417 e. The van der Waals surface area contributed by atoms with Gasteiger partial charge in [0.1, 0.15) is 0 Å². The average molecular weight is 453 g/mol. The Morgan fingerprint density at radius 3 is 2.65 bits per heavy atom. The van der Waals surface area contributed by atoms with Crippen molar-refractivity contribution in [1.82, 2.24) is 19.9 Å². The molecule has 4 rings (SSSR count). The number of carbonyl (C=O) groups is 1. The predicted octanol–water partition coefficient (Wildman–Crippen LogP) is 2.39. The molecule has 0 aliphatic carbocycles. The normalized spacial score (nSPS) is 16.5. The van der Waals surface area contributed by atoms with Crippen LogP contribution in [0.15, 0.2) is 36.5 Å². The highest BCUT2D eigenvalue weighted by molar-refractivity contribution is 7.92. The molecule has 1 aromatic carbocycles. The lowest BCUT2D eigenvalue weighted by molar-refractivity contribution is -0.137. The summed E-state index contributed by atoms with van der Waals surface area (Å²) in [5.41, 5.74) is 0.953. The zero-order chi connectivity index (χ0) is 22.6. The van der Waals surface area contributed by atoms with Crippen molar-refractivity contribution in [3.05, 3.63) is 59.0 Å². The lowest BCUT2D eigenvalue weighted by Crippen LogP contribution is -2.34. The van der Waals surface area contributed by atoms with E-state index in [9.17, 15) is 26.4 Å². The van der Waals surface area contributed by atoms with E-state index in [1.165, 1.54) is 20.8 Å². The first-order chi connectivity index (χ1) is 14.4. The van der Waals surface area contributed by atoms with Gasteiger partial charge in [0.05, 0.1) is 24.1 Å². The number of aromatic nitrogens is 3. The second kappa shape index (κ2) is 7.22. The van der Waals surface area contributed by atoms with Gasteiger partial charge in [0.2, 0.25) is 10.0 Å².